The van der Waals surface area contributed by atoms with Crippen molar-refractivity contribution in [2.24, 2.45) is 68.0 Å². The van der Waals surface area contributed by atoms with Crippen LogP contribution in [0.2, 0.25) is 0 Å². The van der Waals surface area contributed by atoms with Crippen LogP contribution in [-0.4, -0.2) is 105 Å². The summed E-state index contributed by atoms with van der Waals surface area (Å²) in [7, 11) is 0. The van der Waals surface area contributed by atoms with Crippen molar-refractivity contribution in [3.63, 3.8) is 0 Å². The van der Waals surface area contributed by atoms with E-state index in [9.17, 15) is 39.6 Å². The summed E-state index contributed by atoms with van der Waals surface area (Å²) in [5.74, 6) is -4.36. The van der Waals surface area contributed by atoms with Gasteiger partial charge in [0.15, 0.2) is 11.4 Å². The lowest BCUT2D eigenvalue weighted by molar-refractivity contribution is -0.284. The van der Waals surface area contributed by atoms with Gasteiger partial charge in [0, 0.05) is 103 Å². The molecule has 62 heavy (non-hydrogen) atoms. The summed E-state index contributed by atoms with van der Waals surface area (Å²) in [4.78, 5) is 66.7. The molecular weight excluding hydrogens is 801 g/mol. The topological polar surface area (TPSA) is 212 Å². The number of esters is 4. The van der Waals surface area contributed by atoms with Crippen LogP contribution in [0.5, 0.6) is 0 Å². The number of fused-ring (bicyclic) bond motifs is 8. The van der Waals surface area contributed by atoms with E-state index in [0.29, 0.717) is 44.3 Å². The first-order valence-electron chi connectivity index (χ1n) is 23.1. The fourth-order valence-electron chi connectivity index (χ4n) is 18.1. The number of aliphatic hydroxyl groups excluding tert-OH is 4. The van der Waals surface area contributed by atoms with Gasteiger partial charge in [-0.1, -0.05) is 41.5 Å². The van der Waals surface area contributed by atoms with E-state index in [0.717, 1.165) is 5.57 Å². The third kappa shape index (κ3) is 5.50. The third-order valence-corrected chi connectivity index (χ3v) is 19.4. The normalized spacial score (nSPS) is 51.4. The van der Waals surface area contributed by atoms with Gasteiger partial charge >= 0.3 is 23.9 Å². The fraction of sp³-hybridized carbons (Fsp3) is 0.854. The number of hydrogen-bond acceptors (Lipinski definition) is 14. The van der Waals surface area contributed by atoms with Crippen molar-refractivity contribution in [1.29, 1.82) is 0 Å². The molecule has 4 N–H and O–H groups in total. The van der Waals surface area contributed by atoms with Crippen LogP contribution in [0.4, 0.5) is 0 Å². The standard InChI is InChI=1S/C48H68O14/c1-21(49)58-30-13-25-17-46(19-28(53)36-42(5,6)34(60-23(3)51)15-32(55)44(36,9)38(30)46)40-27(25)11-12-48(62-40)26-14-31(59-22(2)50)39-45(10)33(56)16-35(61-24(4)52)43(7,8)37(45)29(54)20-47(39,18-26)41(48)57/h25-26,28-39,53-56H,11-20H2,1-10H3/t25-,26-,28-,29-,30-,31-,32-,33-,34-,35-,36+,37+,38-,39-,44+,45+,46-,47-,48-/m0/s1. The predicted octanol–water partition coefficient (Wildman–Crippen LogP) is 4.49. The Labute approximate surface area is 364 Å². The zero-order valence-electron chi connectivity index (χ0n) is 38.0. The summed E-state index contributed by atoms with van der Waals surface area (Å²) in [5, 5.41) is 49.7. The molecule has 1 heterocycles. The van der Waals surface area contributed by atoms with E-state index in [1.54, 1.807) is 0 Å². The van der Waals surface area contributed by atoms with E-state index in [1.165, 1.54) is 27.7 Å². The summed E-state index contributed by atoms with van der Waals surface area (Å²) in [6.45, 7) is 17.1. The molecule has 14 nitrogen and oxygen atoms in total. The van der Waals surface area contributed by atoms with Crippen molar-refractivity contribution in [2.75, 3.05) is 0 Å². The van der Waals surface area contributed by atoms with Crippen LogP contribution < -0.4 is 0 Å². The van der Waals surface area contributed by atoms with E-state index in [-0.39, 0.29) is 37.4 Å². The van der Waals surface area contributed by atoms with Crippen LogP contribution >= 0.6 is 0 Å². The summed E-state index contributed by atoms with van der Waals surface area (Å²) < 4.78 is 31.7. The lowest BCUT2D eigenvalue weighted by atomic mass is 9.38. The Kier molecular flexibility index (Phi) is 9.78. The molecule has 19 atom stereocenters. The van der Waals surface area contributed by atoms with Crippen LogP contribution in [0.1, 0.15) is 133 Å². The van der Waals surface area contributed by atoms with Gasteiger partial charge in [0.25, 0.3) is 0 Å². The second kappa shape index (κ2) is 13.7. The minimum Gasteiger partial charge on any atom is -0.483 e. The maximum Gasteiger partial charge on any atom is 0.302 e. The fourth-order valence-corrected chi connectivity index (χ4v) is 18.1. The van der Waals surface area contributed by atoms with Crippen LogP contribution in [0.3, 0.4) is 0 Å². The number of hydrogen-bond donors (Lipinski definition) is 4. The molecule has 3 spiro atoms. The van der Waals surface area contributed by atoms with Crippen molar-refractivity contribution >= 4 is 29.7 Å². The van der Waals surface area contributed by atoms with E-state index in [2.05, 4.69) is 0 Å². The minimum absolute atomic E-state index is 0.0547. The first-order valence-corrected chi connectivity index (χ1v) is 23.1. The van der Waals surface area contributed by atoms with Crippen LogP contribution in [-0.2, 0) is 47.7 Å². The van der Waals surface area contributed by atoms with Gasteiger partial charge in [-0.15, -0.1) is 0 Å². The first kappa shape index (κ1) is 44.1. The molecule has 7 fully saturated rings. The average molecular weight is 869 g/mol. The van der Waals surface area contributed by atoms with E-state index in [1.807, 2.05) is 41.5 Å². The smallest absolute Gasteiger partial charge is 0.302 e. The number of carbonyl (C=O) groups excluding carboxylic acids is 5. The Morgan fingerprint density at radius 1 is 0.581 bits per heavy atom. The van der Waals surface area contributed by atoms with E-state index in [4.69, 9.17) is 23.7 Å². The summed E-state index contributed by atoms with van der Waals surface area (Å²) >= 11 is 0. The lowest BCUT2D eigenvalue weighted by Gasteiger charge is -2.68. The Balaban J connectivity index is 1.15. The highest BCUT2D eigenvalue weighted by Crippen LogP contribution is 2.78. The SMILES string of the molecule is CC(=O)O[C@H]1C[C@H]2C[C@@]3(C[C@H](O)[C@@H]4C(C)(C)[C@@H](OC(C)=O)C[C@H](O)[C@@]4(C)[C@H]13)C(=O)[C@]21CCC2=C(O1)[C@]13C[C@@H]2C[C@H](OC(C)=O)[C@H]1[C@@]1(C)[C@H]([C@@H](O)C3)C(C)(C)[C@@H](OC(C)=O)C[C@@H]1O. The Morgan fingerprint density at radius 3 is 1.52 bits per heavy atom. The second-order valence-electron chi connectivity index (χ2n) is 23.1. The summed E-state index contributed by atoms with van der Waals surface area (Å²) in [6.07, 6.45) is -3.95. The zero-order valence-corrected chi connectivity index (χ0v) is 38.0. The van der Waals surface area contributed by atoms with E-state index >= 15 is 4.79 Å². The molecule has 0 radical (unpaired) electrons. The molecule has 9 aliphatic rings. The second-order valence-corrected chi connectivity index (χ2v) is 23.1. The largest absolute Gasteiger partial charge is 0.483 e. The monoisotopic (exact) mass is 868 g/mol. The molecule has 344 valence electrons. The average Bonchev–Trinajstić information content (AvgIpc) is 3.45. The number of rotatable bonds is 4. The lowest BCUT2D eigenvalue weighted by Crippen LogP contribution is -2.72. The first-order chi connectivity index (χ1) is 28.7. The quantitative estimate of drug-likeness (QED) is 0.227. The van der Waals surface area contributed by atoms with Gasteiger partial charge in [-0.05, 0) is 62.9 Å². The van der Waals surface area contributed by atoms with E-state index < -0.39 is 140 Å². The molecule has 9 rings (SSSR count). The Hall–Kier alpha value is -3.07. The third-order valence-electron chi connectivity index (χ3n) is 19.4. The van der Waals surface area contributed by atoms with Crippen LogP contribution in [0.25, 0.3) is 0 Å². The van der Waals surface area contributed by atoms with Gasteiger partial charge in [0.05, 0.1) is 24.4 Å². The molecule has 0 aromatic heterocycles. The predicted molar refractivity (Wildman–Crippen MR) is 218 cm³/mol. The number of ketones is 1. The minimum atomic E-state index is -1.38. The number of ether oxygens (including phenoxy) is 5. The molecule has 4 bridgehead atoms. The maximum absolute atomic E-state index is 16.1. The van der Waals surface area contributed by atoms with Gasteiger partial charge in [-0.25, -0.2) is 0 Å². The summed E-state index contributed by atoms with van der Waals surface area (Å²) in [6, 6.07) is 0. The molecule has 7 saturated carbocycles. The highest BCUT2D eigenvalue weighted by atomic mass is 16.6. The number of allylic oxidation sites excluding steroid dienone is 2. The number of Topliss-reactive ketones (excluding diaryl/α,β-unsaturated/α-hetero) is 1. The molecular formula is C48H68O14. The molecule has 0 amide bonds. The van der Waals surface area contributed by atoms with Crippen LogP contribution in [0, 0.1) is 68.0 Å². The van der Waals surface area contributed by atoms with Crippen molar-refractivity contribution in [2.45, 2.75) is 188 Å². The highest BCUT2D eigenvalue weighted by Gasteiger charge is 2.81. The highest BCUT2D eigenvalue weighted by molar-refractivity contribution is 5.97. The van der Waals surface area contributed by atoms with Crippen LogP contribution in [0.15, 0.2) is 11.3 Å². The Bertz CT molecular complexity index is 2010. The van der Waals surface area contributed by atoms with Gasteiger partial charge in [0.2, 0.25) is 0 Å². The molecule has 1 aliphatic heterocycles. The van der Waals surface area contributed by atoms with Crippen molar-refractivity contribution in [3.05, 3.63) is 11.3 Å². The zero-order chi connectivity index (χ0) is 45.2. The van der Waals surface area contributed by atoms with Gasteiger partial charge in [0.1, 0.15) is 30.2 Å². The molecule has 14 heteroatoms. The number of carbonyl (C=O) groups is 5. The summed E-state index contributed by atoms with van der Waals surface area (Å²) in [5.41, 5.74) is -6.30. The molecule has 0 aromatic rings. The molecule has 8 aliphatic carbocycles. The molecule has 0 aromatic carbocycles. The Morgan fingerprint density at radius 2 is 1.03 bits per heavy atom. The van der Waals surface area contributed by atoms with Gasteiger partial charge < -0.3 is 44.1 Å². The molecule has 0 unspecified atom stereocenters. The molecule has 0 saturated heterocycles. The van der Waals surface area contributed by atoms with Crippen molar-refractivity contribution in [3.8, 4) is 0 Å². The van der Waals surface area contributed by atoms with Gasteiger partial charge in [-0.2, -0.15) is 0 Å². The van der Waals surface area contributed by atoms with Crippen molar-refractivity contribution < 1.29 is 68.1 Å². The number of aliphatic hydroxyl groups is 4. The van der Waals surface area contributed by atoms with Gasteiger partial charge in [-0.3, -0.25) is 24.0 Å². The van der Waals surface area contributed by atoms with Crippen molar-refractivity contribution in [1.82, 2.24) is 0 Å². The maximum atomic E-state index is 16.1.